The van der Waals surface area contributed by atoms with Crippen molar-refractivity contribution in [2.75, 3.05) is 5.75 Å². The number of nitrogens with zero attached hydrogens (tertiary/aromatic N) is 3. The fraction of sp³-hybridized carbons (Fsp3) is 0.308. The number of aryl methyl sites for hydroxylation is 1. The number of hydrogen-bond donors (Lipinski definition) is 1. The number of aliphatic carboxylic acids is 1. The summed E-state index contributed by atoms with van der Waals surface area (Å²) in [6.45, 7) is 2.07. The van der Waals surface area contributed by atoms with Gasteiger partial charge >= 0.3 is 5.97 Å². The Morgan fingerprint density at radius 3 is 2.90 bits per heavy atom. The molecule has 0 fully saturated rings. The first-order valence-electron chi connectivity index (χ1n) is 6.16. The van der Waals surface area contributed by atoms with Crippen molar-refractivity contribution in [3.63, 3.8) is 0 Å². The fourth-order valence-corrected chi connectivity index (χ4v) is 2.86. The van der Waals surface area contributed by atoms with E-state index < -0.39 is 5.97 Å². The van der Waals surface area contributed by atoms with Gasteiger partial charge in [-0.1, -0.05) is 40.7 Å². The van der Waals surface area contributed by atoms with Crippen molar-refractivity contribution in [1.82, 2.24) is 14.8 Å². The molecule has 2 rings (SSSR count). The molecule has 0 aliphatic carbocycles. The van der Waals surface area contributed by atoms with Crippen LogP contribution in [0.15, 0.2) is 33.9 Å². The number of hydrogen-bond acceptors (Lipinski definition) is 4. The van der Waals surface area contributed by atoms with Crippen LogP contribution in [0.3, 0.4) is 0 Å². The molecule has 0 aliphatic heterocycles. The second kappa shape index (κ2) is 6.90. The maximum absolute atomic E-state index is 10.7. The third kappa shape index (κ3) is 3.61. The van der Waals surface area contributed by atoms with Crippen molar-refractivity contribution in [2.24, 2.45) is 0 Å². The van der Waals surface area contributed by atoms with Gasteiger partial charge in [0.05, 0.1) is 11.4 Å². The summed E-state index contributed by atoms with van der Waals surface area (Å²) in [4.78, 5) is 10.7. The molecule has 0 bridgehead atoms. The van der Waals surface area contributed by atoms with Crippen LogP contribution < -0.4 is 0 Å². The van der Waals surface area contributed by atoms with E-state index >= 15 is 0 Å². The number of thioether (sulfide) groups is 1. The minimum atomic E-state index is -0.865. The molecule has 0 unspecified atom stereocenters. The summed E-state index contributed by atoms with van der Waals surface area (Å²) in [5, 5.41) is 17.7. The first-order chi connectivity index (χ1) is 9.61. The Morgan fingerprint density at radius 1 is 1.45 bits per heavy atom. The summed E-state index contributed by atoms with van der Waals surface area (Å²) in [7, 11) is 0. The third-order valence-electron chi connectivity index (χ3n) is 2.57. The van der Waals surface area contributed by atoms with Crippen molar-refractivity contribution in [1.29, 1.82) is 0 Å². The van der Waals surface area contributed by atoms with Gasteiger partial charge in [-0.2, -0.15) is 0 Å². The van der Waals surface area contributed by atoms with Crippen LogP contribution in [0.2, 0.25) is 0 Å². The monoisotopic (exact) mass is 355 g/mol. The van der Waals surface area contributed by atoms with Crippen LogP contribution in [0.25, 0.3) is 5.69 Å². The zero-order chi connectivity index (χ0) is 14.5. The summed E-state index contributed by atoms with van der Waals surface area (Å²) in [5.74, 6) is -0.0486. The molecule has 0 saturated heterocycles. The average Bonchev–Trinajstić information content (AvgIpc) is 2.80. The van der Waals surface area contributed by atoms with Crippen LogP contribution in [0.4, 0.5) is 0 Å². The lowest BCUT2D eigenvalue weighted by Gasteiger charge is -2.09. The quantitative estimate of drug-likeness (QED) is 0.806. The van der Waals surface area contributed by atoms with Crippen LogP contribution in [-0.4, -0.2) is 31.6 Å². The standard InChI is InChI=1S/C13H14BrN3O2S/c1-2-4-11-15-16-13(20-8-12(18)19)17(11)10-6-3-5-9(14)7-10/h3,5-7H,2,4,8H2,1H3,(H,18,19). The Kier molecular flexibility index (Phi) is 5.19. The molecule has 0 atom stereocenters. The highest BCUT2D eigenvalue weighted by Crippen LogP contribution is 2.24. The first-order valence-corrected chi connectivity index (χ1v) is 7.94. The van der Waals surface area contributed by atoms with E-state index in [-0.39, 0.29) is 5.75 Å². The van der Waals surface area contributed by atoms with Gasteiger partial charge in [0.1, 0.15) is 5.82 Å². The third-order valence-corrected chi connectivity index (χ3v) is 3.97. The number of carbonyl (C=O) groups is 1. The van der Waals surface area contributed by atoms with Crippen LogP contribution in [0, 0.1) is 0 Å². The highest BCUT2D eigenvalue weighted by molar-refractivity contribution is 9.10. The topological polar surface area (TPSA) is 68.0 Å². The molecule has 2 aromatic rings. The van der Waals surface area contributed by atoms with Crippen molar-refractivity contribution < 1.29 is 9.90 Å². The Labute approximate surface area is 129 Å². The highest BCUT2D eigenvalue weighted by Gasteiger charge is 2.15. The molecule has 1 aromatic carbocycles. The Morgan fingerprint density at radius 2 is 2.25 bits per heavy atom. The van der Waals surface area contributed by atoms with Crippen LogP contribution in [0.5, 0.6) is 0 Å². The first kappa shape index (κ1) is 15.1. The normalized spacial score (nSPS) is 10.7. The van der Waals surface area contributed by atoms with E-state index in [1.807, 2.05) is 28.8 Å². The summed E-state index contributed by atoms with van der Waals surface area (Å²) in [6.07, 6.45) is 1.75. The number of benzene rings is 1. The van der Waals surface area contributed by atoms with E-state index in [4.69, 9.17) is 5.11 Å². The van der Waals surface area contributed by atoms with Gasteiger partial charge in [-0.25, -0.2) is 0 Å². The molecular weight excluding hydrogens is 342 g/mol. The summed E-state index contributed by atoms with van der Waals surface area (Å²) in [6, 6.07) is 7.80. The molecule has 1 aromatic heterocycles. The van der Waals surface area contributed by atoms with Gasteiger partial charge in [0.25, 0.3) is 0 Å². The molecule has 0 amide bonds. The lowest BCUT2D eigenvalue weighted by molar-refractivity contribution is -0.133. The highest BCUT2D eigenvalue weighted by atomic mass is 79.9. The van der Waals surface area contributed by atoms with E-state index in [1.54, 1.807) is 0 Å². The predicted molar refractivity (Wildman–Crippen MR) is 81.4 cm³/mol. The van der Waals surface area contributed by atoms with Crippen LogP contribution >= 0.6 is 27.7 Å². The number of rotatable bonds is 6. The summed E-state index contributed by atoms with van der Waals surface area (Å²) in [5.41, 5.74) is 0.931. The maximum Gasteiger partial charge on any atom is 0.313 e. The maximum atomic E-state index is 10.7. The van der Waals surface area contributed by atoms with Gasteiger partial charge in [0, 0.05) is 10.9 Å². The second-order valence-electron chi connectivity index (χ2n) is 4.15. The molecule has 0 aliphatic rings. The van der Waals surface area contributed by atoms with E-state index in [2.05, 4.69) is 33.1 Å². The molecule has 20 heavy (non-hydrogen) atoms. The average molecular weight is 356 g/mol. The van der Waals surface area contributed by atoms with Crippen molar-refractivity contribution in [2.45, 2.75) is 24.9 Å². The number of aromatic nitrogens is 3. The van der Waals surface area contributed by atoms with Crippen molar-refractivity contribution in [3.05, 3.63) is 34.6 Å². The fourth-order valence-electron chi connectivity index (χ4n) is 1.78. The molecule has 1 heterocycles. The number of halogens is 1. The van der Waals surface area contributed by atoms with E-state index in [0.29, 0.717) is 5.16 Å². The van der Waals surface area contributed by atoms with E-state index in [1.165, 1.54) is 11.8 Å². The molecule has 106 valence electrons. The summed E-state index contributed by atoms with van der Waals surface area (Å²) >= 11 is 4.62. The van der Waals surface area contributed by atoms with Crippen LogP contribution in [-0.2, 0) is 11.2 Å². The second-order valence-corrected chi connectivity index (χ2v) is 6.00. The largest absolute Gasteiger partial charge is 0.481 e. The smallest absolute Gasteiger partial charge is 0.313 e. The molecule has 1 N–H and O–H groups in total. The number of carboxylic acid groups (broad SMARTS) is 1. The Balaban J connectivity index is 2.41. The predicted octanol–water partition coefficient (Wildman–Crippen LogP) is 3.16. The SMILES string of the molecule is CCCc1nnc(SCC(=O)O)n1-c1cccc(Br)c1. The molecular formula is C13H14BrN3O2S. The molecule has 0 spiro atoms. The lowest BCUT2D eigenvalue weighted by atomic mass is 10.3. The van der Waals surface area contributed by atoms with Gasteiger partial charge in [0.2, 0.25) is 0 Å². The van der Waals surface area contributed by atoms with Gasteiger partial charge in [-0.05, 0) is 24.6 Å². The summed E-state index contributed by atoms with van der Waals surface area (Å²) < 4.78 is 2.88. The molecule has 7 heteroatoms. The van der Waals surface area contributed by atoms with Gasteiger partial charge in [-0.3, -0.25) is 9.36 Å². The zero-order valence-electron chi connectivity index (χ0n) is 10.9. The van der Waals surface area contributed by atoms with E-state index in [0.717, 1.165) is 28.8 Å². The van der Waals surface area contributed by atoms with Gasteiger partial charge in [-0.15, -0.1) is 10.2 Å². The van der Waals surface area contributed by atoms with Crippen LogP contribution in [0.1, 0.15) is 19.2 Å². The Hall–Kier alpha value is -1.34. The number of carboxylic acids is 1. The molecule has 0 radical (unpaired) electrons. The van der Waals surface area contributed by atoms with Crippen molar-refractivity contribution >= 4 is 33.7 Å². The zero-order valence-corrected chi connectivity index (χ0v) is 13.3. The van der Waals surface area contributed by atoms with Gasteiger partial charge < -0.3 is 5.11 Å². The lowest BCUT2D eigenvalue weighted by Crippen LogP contribution is -2.05. The Bertz CT molecular complexity index is 615. The minimum absolute atomic E-state index is 0.0295. The van der Waals surface area contributed by atoms with E-state index in [9.17, 15) is 4.79 Å². The molecule has 5 nitrogen and oxygen atoms in total. The van der Waals surface area contributed by atoms with Crippen molar-refractivity contribution in [3.8, 4) is 5.69 Å². The molecule has 0 saturated carbocycles. The minimum Gasteiger partial charge on any atom is -0.481 e. The van der Waals surface area contributed by atoms with Gasteiger partial charge in [0.15, 0.2) is 5.16 Å².